The zero-order valence-corrected chi connectivity index (χ0v) is 13.6. The molecular formula is C14H15N3O3S2. The van der Waals surface area contributed by atoms with E-state index in [1.54, 1.807) is 0 Å². The van der Waals surface area contributed by atoms with Crippen molar-refractivity contribution in [3.05, 3.63) is 36.0 Å². The van der Waals surface area contributed by atoms with E-state index in [1.165, 1.54) is 17.4 Å². The van der Waals surface area contributed by atoms with Crippen LogP contribution in [0, 0.1) is 0 Å². The maximum atomic E-state index is 12.8. The van der Waals surface area contributed by atoms with Gasteiger partial charge in [0.15, 0.2) is 9.34 Å². The van der Waals surface area contributed by atoms with Crippen LogP contribution in [0.25, 0.3) is 0 Å². The highest BCUT2D eigenvalue weighted by molar-refractivity contribution is 7.94. The van der Waals surface area contributed by atoms with Crippen molar-refractivity contribution in [2.24, 2.45) is 0 Å². The molecule has 0 unspecified atom stereocenters. The fraction of sp³-hybridized carbons (Fsp3) is 0.286. The number of nitrogens with one attached hydrogen (secondary N) is 1. The summed E-state index contributed by atoms with van der Waals surface area (Å²) in [6, 6.07) is 7.52. The Morgan fingerprint density at radius 3 is 2.91 bits per heavy atom. The first-order valence-electron chi connectivity index (χ1n) is 6.82. The summed E-state index contributed by atoms with van der Waals surface area (Å²) < 4.78 is 27.2. The summed E-state index contributed by atoms with van der Waals surface area (Å²) in [5.74, 6) is -0.276. The average Bonchev–Trinajstić information content (AvgIpc) is 2.95. The van der Waals surface area contributed by atoms with Gasteiger partial charge in [-0.2, -0.15) is 0 Å². The van der Waals surface area contributed by atoms with Crippen molar-refractivity contribution in [2.45, 2.75) is 24.0 Å². The number of carbonyl (C=O) groups excluding carboxylic acids is 1. The van der Waals surface area contributed by atoms with Gasteiger partial charge in [-0.25, -0.2) is 13.4 Å². The number of carbonyl (C=O) groups is 1. The van der Waals surface area contributed by atoms with E-state index in [4.69, 9.17) is 0 Å². The van der Waals surface area contributed by atoms with Gasteiger partial charge in [0.1, 0.15) is 0 Å². The third-order valence-corrected chi connectivity index (χ3v) is 6.54. The lowest BCUT2D eigenvalue weighted by atomic mass is 10.0. The number of aryl methyl sites for hydroxylation is 1. The minimum atomic E-state index is -3.65. The largest absolute Gasteiger partial charge is 0.302 e. The van der Waals surface area contributed by atoms with Gasteiger partial charge >= 0.3 is 0 Å². The van der Waals surface area contributed by atoms with Crippen molar-refractivity contribution in [1.29, 1.82) is 0 Å². The second-order valence-electron chi connectivity index (χ2n) is 4.98. The molecule has 0 bridgehead atoms. The first-order valence-corrected chi connectivity index (χ1v) is 9.08. The molecule has 0 aliphatic carbocycles. The van der Waals surface area contributed by atoms with Crippen LogP contribution >= 0.6 is 11.3 Å². The molecule has 1 aromatic heterocycles. The fourth-order valence-electron chi connectivity index (χ4n) is 2.44. The zero-order valence-electron chi connectivity index (χ0n) is 11.9. The van der Waals surface area contributed by atoms with E-state index in [-0.39, 0.29) is 15.2 Å². The summed E-state index contributed by atoms with van der Waals surface area (Å²) >= 11 is 0.964. The van der Waals surface area contributed by atoms with Crippen molar-refractivity contribution in [3.63, 3.8) is 0 Å². The summed E-state index contributed by atoms with van der Waals surface area (Å²) in [7, 11) is -3.65. The molecule has 3 rings (SSSR count). The summed E-state index contributed by atoms with van der Waals surface area (Å²) in [6.07, 6.45) is 2.96. The number of rotatable bonds is 3. The molecule has 116 valence electrons. The maximum absolute atomic E-state index is 12.8. The molecule has 2 aromatic rings. The molecule has 0 fully saturated rings. The quantitative estimate of drug-likeness (QED) is 0.931. The number of fused-ring (bicyclic) bond motifs is 1. The van der Waals surface area contributed by atoms with E-state index in [2.05, 4.69) is 10.3 Å². The normalized spacial score (nSPS) is 14.5. The number of thiazole rings is 1. The molecule has 1 amide bonds. The van der Waals surface area contributed by atoms with Crippen molar-refractivity contribution < 1.29 is 13.2 Å². The number of aromatic nitrogens is 1. The molecule has 0 atom stereocenters. The molecule has 22 heavy (non-hydrogen) atoms. The van der Waals surface area contributed by atoms with Crippen LogP contribution in [0.2, 0.25) is 0 Å². The van der Waals surface area contributed by atoms with E-state index in [9.17, 15) is 13.2 Å². The van der Waals surface area contributed by atoms with Crippen molar-refractivity contribution in [1.82, 2.24) is 4.98 Å². The Kier molecular flexibility index (Phi) is 3.88. The molecule has 0 spiro atoms. The molecule has 1 aliphatic heterocycles. The molecular weight excluding hydrogens is 322 g/mol. The van der Waals surface area contributed by atoms with Crippen LogP contribution < -0.4 is 9.62 Å². The predicted octanol–water partition coefficient (Wildman–Crippen LogP) is 2.24. The highest BCUT2D eigenvalue weighted by atomic mass is 32.2. The number of anilines is 2. The molecule has 6 nitrogen and oxygen atoms in total. The summed E-state index contributed by atoms with van der Waals surface area (Å²) in [6.45, 7) is 1.81. The van der Waals surface area contributed by atoms with Crippen molar-refractivity contribution in [2.75, 3.05) is 16.2 Å². The van der Waals surface area contributed by atoms with Gasteiger partial charge in [-0.3, -0.25) is 9.10 Å². The number of hydrogen-bond acceptors (Lipinski definition) is 5. The number of para-hydroxylation sites is 1. The number of benzene rings is 1. The minimum absolute atomic E-state index is 0.132. The molecule has 2 heterocycles. The first kappa shape index (κ1) is 15.0. The Bertz CT molecular complexity index is 814. The number of sulfonamides is 1. The van der Waals surface area contributed by atoms with Gasteiger partial charge in [0, 0.05) is 13.5 Å². The average molecular weight is 337 g/mol. The Labute approximate surface area is 132 Å². The summed E-state index contributed by atoms with van der Waals surface area (Å²) in [5.41, 5.74) is 1.76. The maximum Gasteiger partial charge on any atom is 0.275 e. The first-order chi connectivity index (χ1) is 10.5. The predicted molar refractivity (Wildman–Crippen MR) is 85.7 cm³/mol. The molecule has 1 aromatic carbocycles. The third-order valence-electron chi connectivity index (χ3n) is 3.38. The van der Waals surface area contributed by atoms with E-state index in [0.717, 1.165) is 35.4 Å². The molecule has 0 saturated heterocycles. The van der Waals surface area contributed by atoms with Crippen LogP contribution in [-0.2, 0) is 21.2 Å². The SMILES string of the molecule is CC(=O)Nc1ncc(S(=O)(=O)N2CCCc3ccccc32)s1. The Balaban J connectivity index is 1.97. The fourth-order valence-corrected chi connectivity index (χ4v) is 5.18. The van der Waals surface area contributed by atoms with Gasteiger partial charge in [-0.05, 0) is 24.5 Å². The molecule has 0 radical (unpaired) electrons. The van der Waals surface area contributed by atoms with E-state index in [0.29, 0.717) is 6.54 Å². The van der Waals surface area contributed by atoms with E-state index >= 15 is 0 Å². The second-order valence-corrected chi connectivity index (χ2v) is 8.09. The Hall–Kier alpha value is -1.93. The standard InChI is InChI=1S/C14H15N3O3S2/c1-10(18)16-14-15-9-13(21-14)22(19,20)17-8-4-6-11-5-2-3-7-12(11)17/h2-3,5,7,9H,4,6,8H2,1H3,(H,15,16,18). The molecule has 1 N–H and O–H groups in total. The van der Waals surface area contributed by atoms with Crippen LogP contribution in [0.1, 0.15) is 18.9 Å². The van der Waals surface area contributed by atoms with Gasteiger partial charge in [0.2, 0.25) is 5.91 Å². The number of hydrogen-bond donors (Lipinski definition) is 1. The van der Waals surface area contributed by atoms with E-state index in [1.807, 2.05) is 24.3 Å². The number of nitrogens with zero attached hydrogens (tertiary/aromatic N) is 2. The van der Waals surface area contributed by atoms with Crippen LogP contribution in [0.15, 0.2) is 34.7 Å². The summed E-state index contributed by atoms with van der Waals surface area (Å²) in [5, 5.41) is 2.79. The highest BCUT2D eigenvalue weighted by Gasteiger charge is 2.30. The van der Waals surface area contributed by atoms with Crippen LogP contribution in [0.4, 0.5) is 10.8 Å². The summed E-state index contributed by atoms with van der Waals surface area (Å²) in [4.78, 5) is 15.0. The lowest BCUT2D eigenvalue weighted by Gasteiger charge is -2.29. The zero-order chi connectivity index (χ0) is 15.7. The monoisotopic (exact) mass is 337 g/mol. The van der Waals surface area contributed by atoms with Gasteiger partial charge < -0.3 is 5.32 Å². The Morgan fingerprint density at radius 2 is 2.14 bits per heavy atom. The van der Waals surface area contributed by atoms with Gasteiger partial charge in [0.05, 0.1) is 11.9 Å². The molecule has 8 heteroatoms. The minimum Gasteiger partial charge on any atom is -0.302 e. The van der Waals surface area contributed by atoms with Gasteiger partial charge in [-0.15, -0.1) is 0 Å². The van der Waals surface area contributed by atoms with Gasteiger partial charge in [-0.1, -0.05) is 29.5 Å². The van der Waals surface area contributed by atoms with E-state index < -0.39 is 10.0 Å². The van der Waals surface area contributed by atoms with Crippen molar-refractivity contribution in [3.8, 4) is 0 Å². The molecule has 0 saturated carbocycles. The second kappa shape index (κ2) is 5.69. The lowest BCUT2D eigenvalue weighted by molar-refractivity contribution is -0.114. The van der Waals surface area contributed by atoms with Crippen LogP contribution in [0.3, 0.4) is 0 Å². The lowest BCUT2D eigenvalue weighted by Crippen LogP contribution is -2.35. The Morgan fingerprint density at radius 1 is 1.36 bits per heavy atom. The third kappa shape index (κ3) is 2.71. The van der Waals surface area contributed by atoms with Crippen LogP contribution in [-0.4, -0.2) is 25.9 Å². The number of amides is 1. The highest BCUT2D eigenvalue weighted by Crippen LogP contribution is 2.34. The van der Waals surface area contributed by atoms with Gasteiger partial charge in [0.25, 0.3) is 10.0 Å². The van der Waals surface area contributed by atoms with Crippen LogP contribution in [0.5, 0.6) is 0 Å². The molecule has 1 aliphatic rings. The van der Waals surface area contributed by atoms with Crippen molar-refractivity contribution >= 4 is 38.1 Å². The smallest absolute Gasteiger partial charge is 0.275 e. The topological polar surface area (TPSA) is 79.4 Å².